The number of aryl methyl sites for hydroxylation is 1. The number of nitrogens with zero attached hydrogens (tertiary/aromatic N) is 4. The number of likely N-dealkylation sites (tertiary alicyclic amines) is 1. The SMILES string of the molecule is CCCCNC(=O)c1cccc(N2CCCN(C3CCN(Cc4ccccc4C)CC3)CC2)n1. The molecule has 2 aromatic rings. The van der Waals surface area contributed by atoms with Gasteiger partial charge in [-0.2, -0.15) is 0 Å². The van der Waals surface area contributed by atoms with Crippen molar-refractivity contribution >= 4 is 11.7 Å². The predicted molar refractivity (Wildman–Crippen MR) is 139 cm³/mol. The molecule has 6 nitrogen and oxygen atoms in total. The first kappa shape index (κ1) is 24.7. The summed E-state index contributed by atoms with van der Waals surface area (Å²) < 4.78 is 0. The summed E-state index contributed by atoms with van der Waals surface area (Å²) in [5.74, 6) is 0.863. The first-order valence-corrected chi connectivity index (χ1v) is 13.1. The lowest BCUT2D eigenvalue weighted by Gasteiger charge is -2.38. The summed E-state index contributed by atoms with van der Waals surface area (Å²) >= 11 is 0. The molecule has 0 radical (unpaired) electrons. The summed E-state index contributed by atoms with van der Waals surface area (Å²) in [4.78, 5) is 24.8. The number of nitrogens with one attached hydrogen (secondary N) is 1. The Morgan fingerprint density at radius 1 is 1.00 bits per heavy atom. The molecule has 3 heterocycles. The number of anilines is 1. The number of hydrogen-bond acceptors (Lipinski definition) is 5. The van der Waals surface area contributed by atoms with Crippen LogP contribution < -0.4 is 10.2 Å². The number of amides is 1. The van der Waals surface area contributed by atoms with Crippen LogP contribution in [-0.4, -0.2) is 72.5 Å². The lowest BCUT2D eigenvalue weighted by Crippen LogP contribution is -2.46. The Balaban J connectivity index is 1.27. The van der Waals surface area contributed by atoms with E-state index in [1.807, 2.05) is 18.2 Å². The quantitative estimate of drug-likeness (QED) is 0.598. The fourth-order valence-corrected chi connectivity index (χ4v) is 5.20. The highest BCUT2D eigenvalue weighted by atomic mass is 16.1. The monoisotopic (exact) mass is 463 g/mol. The standard InChI is InChI=1S/C28H41N5O/c1-3-4-15-29-28(34)26-11-7-12-27(30-26)33-17-8-16-32(20-21-33)25-13-18-31(19-14-25)22-24-10-6-5-9-23(24)2/h5-7,9-12,25H,3-4,8,13-22H2,1-2H3,(H,29,34). The van der Waals surface area contributed by atoms with Gasteiger partial charge in [-0.15, -0.1) is 0 Å². The van der Waals surface area contributed by atoms with E-state index in [0.717, 1.165) is 57.8 Å². The zero-order valence-electron chi connectivity index (χ0n) is 21.0. The largest absolute Gasteiger partial charge is 0.355 e. The number of carbonyl (C=O) groups is 1. The molecular formula is C28H41N5O. The highest BCUT2D eigenvalue weighted by Crippen LogP contribution is 2.22. The van der Waals surface area contributed by atoms with Gasteiger partial charge in [0.25, 0.3) is 5.91 Å². The summed E-state index contributed by atoms with van der Waals surface area (Å²) in [7, 11) is 0. The number of aromatic nitrogens is 1. The molecular weight excluding hydrogens is 422 g/mol. The van der Waals surface area contributed by atoms with Gasteiger partial charge in [-0.1, -0.05) is 43.7 Å². The molecule has 2 fully saturated rings. The number of hydrogen-bond donors (Lipinski definition) is 1. The second kappa shape index (κ2) is 12.3. The van der Waals surface area contributed by atoms with Crippen LogP contribution in [0.15, 0.2) is 42.5 Å². The highest BCUT2D eigenvalue weighted by Gasteiger charge is 2.27. The topological polar surface area (TPSA) is 51.7 Å². The van der Waals surface area contributed by atoms with Gasteiger partial charge >= 0.3 is 0 Å². The van der Waals surface area contributed by atoms with Gasteiger partial charge in [0, 0.05) is 45.3 Å². The van der Waals surface area contributed by atoms with Gasteiger partial charge in [-0.05, 0) is 69.0 Å². The van der Waals surface area contributed by atoms with Crippen LogP contribution in [0.2, 0.25) is 0 Å². The fraction of sp³-hybridized carbons (Fsp3) is 0.571. The number of rotatable bonds is 8. The van der Waals surface area contributed by atoms with Crippen LogP contribution in [0, 0.1) is 6.92 Å². The van der Waals surface area contributed by atoms with Crippen LogP contribution >= 0.6 is 0 Å². The van der Waals surface area contributed by atoms with Crippen LogP contribution in [-0.2, 0) is 6.54 Å². The molecule has 0 atom stereocenters. The van der Waals surface area contributed by atoms with Crippen molar-refractivity contribution in [1.82, 2.24) is 20.1 Å². The Labute approximate surface area is 205 Å². The van der Waals surface area contributed by atoms with E-state index in [4.69, 9.17) is 4.98 Å². The first-order chi connectivity index (χ1) is 16.6. The first-order valence-electron chi connectivity index (χ1n) is 13.1. The Morgan fingerprint density at radius 3 is 2.62 bits per heavy atom. The van der Waals surface area contributed by atoms with Crippen LogP contribution in [0.4, 0.5) is 5.82 Å². The highest BCUT2D eigenvalue weighted by molar-refractivity contribution is 5.92. The third-order valence-electron chi connectivity index (χ3n) is 7.37. The summed E-state index contributed by atoms with van der Waals surface area (Å²) in [6.45, 7) is 12.7. The lowest BCUT2D eigenvalue weighted by molar-refractivity contribution is 0.0948. The van der Waals surface area contributed by atoms with Crippen molar-refractivity contribution in [3.63, 3.8) is 0 Å². The van der Waals surface area contributed by atoms with E-state index in [0.29, 0.717) is 18.3 Å². The molecule has 0 aliphatic carbocycles. The van der Waals surface area contributed by atoms with Crippen LogP contribution in [0.1, 0.15) is 60.6 Å². The second-order valence-corrected chi connectivity index (χ2v) is 9.80. The lowest BCUT2D eigenvalue weighted by atomic mass is 10.0. The van der Waals surface area contributed by atoms with Gasteiger partial charge in [0.2, 0.25) is 0 Å². The maximum absolute atomic E-state index is 12.4. The average Bonchev–Trinajstić information content (AvgIpc) is 3.13. The Hall–Kier alpha value is -2.44. The molecule has 1 aromatic carbocycles. The van der Waals surface area contributed by atoms with Gasteiger partial charge < -0.3 is 10.2 Å². The van der Waals surface area contributed by atoms with Crippen molar-refractivity contribution in [2.75, 3.05) is 50.7 Å². The molecule has 1 aromatic heterocycles. The smallest absolute Gasteiger partial charge is 0.269 e. The molecule has 34 heavy (non-hydrogen) atoms. The van der Waals surface area contributed by atoms with Gasteiger partial charge in [0.15, 0.2) is 0 Å². The molecule has 2 aliphatic rings. The second-order valence-electron chi connectivity index (χ2n) is 9.80. The molecule has 2 saturated heterocycles. The molecule has 0 unspecified atom stereocenters. The summed E-state index contributed by atoms with van der Waals surface area (Å²) in [5.41, 5.74) is 3.38. The fourth-order valence-electron chi connectivity index (χ4n) is 5.20. The molecule has 6 heteroatoms. The molecule has 1 amide bonds. The van der Waals surface area contributed by atoms with E-state index < -0.39 is 0 Å². The van der Waals surface area contributed by atoms with Crippen molar-refractivity contribution < 1.29 is 4.79 Å². The van der Waals surface area contributed by atoms with Gasteiger partial charge in [-0.25, -0.2) is 4.98 Å². The molecule has 1 N–H and O–H groups in total. The summed E-state index contributed by atoms with van der Waals surface area (Å²) in [5, 5.41) is 2.98. The van der Waals surface area contributed by atoms with Crippen LogP contribution in [0.25, 0.3) is 0 Å². The Morgan fingerprint density at radius 2 is 1.82 bits per heavy atom. The van der Waals surface area contributed by atoms with Crippen molar-refractivity contribution in [2.24, 2.45) is 0 Å². The summed E-state index contributed by atoms with van der Waals surface area (Å²) in [6.07, 6.45) is 5.70. The zero-order chi connectivity index (χ0) is 23.8. The van der Waals surface area contributed by atoms with E-state index in [2.05, 4.69) is 58.1 Å². The molecule has 4 rings (SSSR count). The van der Waals surface area contributed by atoms with E-state index >= 15 is 0 Å². The van der Waals surface area contributed by atoms with Gasteiger partial charge in [-0.3, -0.25) is 14.6 Å². The van der Waals surface area contributed by atoms with E-state index in [1.54, 1.807) is 0 Å². The van der Waals surface area contributed by atoms with Crippen molar-refractivity contribution in [3.8, 4) is 0 Å². The van der Waals surface area contributed by atoms with Gasteiger partial charge in [0.1, 0.15) is 11.5 Å². The van der Waals surface area contributed by atoms with Crippen LogP contribution in [0.3, 0.4) is 0 Å². The Kier molecular flexibility index (Phi) is 8.94. The number of carbonyl (C=O) groups excluding carboxylic acids is 1. The van der Waals surface area contributed by atoms with Gasteiger partial charge in [0.05, 0.1) is 0 Å². The molecule has 0 bridgehead atoms. The average molecular weight is 464 g/mol. The minimum absolute atomic E-state index is 0.0656. The van der Waals surface area contributed by atoms with E-state index in [9.17, 15) is 4.79 Å². The summed E-state index contributed by atoms with van der Waals surface area (Å²) in [6, 6.07) is 15.3. The van der Waals surface area contributed by atoms with E-state index in [-0.39, 0.29) is 5.91 Å². The molecule has 0 spiro atoms. The predicted octanol–water partition coefficient (Wildman–Crippen LogP) is 4.10. The Bertz CT molecular complexity index is 925. The number of benzene rings is 1. The third kappa shape index (κ3) is 6.57. The maximum atomic E-state index is 12.4. The minimum atomic E-state index is -0.0656. The maximum Gasteiger partial charge on any atom is 0.269 e. The van der Waals surface area contributed by atoms with Crippen LogP contribution in [0.5, 0.6) is 0 Å². The number of pyridine rings is 1. The van der Waals surface area contributed by atoms with Crippen molar-refractivity contribution in [3.05, 3.63) is 59.3 Å². The number of piperidine rings is 1. The normalized spacial score (nSPS) is 18.6. The molecule has 2 aliphatic heterocycles. The number of unbranched alkanes of at least 4 members (excludes halogenated alkanes) is 1. The molecule has 184 valence electrons. The van der Waals surface area contributed by atoms with Crippen molar-refractivity contribution in [1.29, 1.82) is 0 Å². The minimum Gasteiger partial charge on any atom is -0.355 e. The van der Waals surface area contributed by atoms with Crippen molar-refractivity contribution in [2.45, 2.75) is 58.5 Å². The third-order valence-corrected chi connectivity index (χ3v) is 7.37. The van der Waals surface area contributed by atoms with E-state index in [1.165, 1.54) is 37.1 Å². The zero-order valence-corrected chi connectivity index (χ0v) is 21.0. The molecule has 0 saturated carbocycles.